The fourth-order valence-electron chi connectivity index (χ4n) is 4.67. The smallest absolute Gasteiger partial charge is 0.406 e. The van der Waals surface area contributed by atoms with Gasteiger partial charge in [-0.1, -0.05) is 0 Å². The molecule has 0 saturated carbocycles. The van der Waals surface area contributed by atoms with E-state index in [1.54, 1.807) is 31.3 Å². The Balaban J connectivity index is 1.33. The van der Waals surface area contributed by atoms with E-state index in [9.17, 15) is 23.2 Å². The van der Waals surface area contributed by atoms with Gasteiger partial charge in [-0.05, 0) is 42.8 Å². The fourth-order valence-corrected chi connectivity index (χ4v) is 4.67. The number of nitriles is 1. The lowest BCUT2D eigenvalue weighted by atomic mass is 9.78. The number of halogens is 3. The molecule has 0 amide bonds. The van der Waals surface area contributed by atoms with E-state index >= 15 is 0 Å². The zero-order valence-electron chi connectivity index (χ0n) is 17.6. The maximum atomic E-state index is 12.4. The van der Waals surface area contributed by atoms with Crippen molar-refractivity contribution < 1.29 is 17.9 Å². The first kappa shape index (κ1) is 21.1. The van der Waals surface area contributed by atoms with Crippen LogP contribution in [-0.2, 0) is 7.05 Å². The molecule has 4 heterocycles. The highest BCUT2D eigenvalue weighted by Crippen LogP contribution is 2.43. The van der Waals surface area contributed by atoms with E-state index in [1.165, 1.54) is 16.7 Å². The molecule has 2 saturated heterocycles. The number of nitrogens with zero attached hydrogens (tertiary/aromatic N) is 6. The standard InChI is InChI=1S/C22H19F3N6O2/c1-29-17-7-2-14(10-26)27-18(17)19(28-20(29)32)30-9-8-21(11-30)12-31(13-21)15-3-5-16(6-4-15)33-22(23,24)25/h2-7H,8-9,11-13H2,1H3. The maximum absolute atomic E-state index is 12.4. The number of aryl methyl sites for hydroxylation is 1. The van der Waals surface area contributed by atoms with E-state index in [0.29, 0.717) is 29.9 Å². The Labute approximate surface area is 186 Å². The van der Waals surface area contributed by atoms with E-state index in [0.717, 1.165) is 25.2 Å². The quantitative estimate of drug-likeness (QED) is 0.599. The first-order chi connectivity index (χ1) is 15.7. The molecule has 11 heteroatoms. The van der Waals surface area contributed by atoms with Crippen molar-refractivity contribution in [3.63, 3.8) is 0 Å². The fraction of sp³-hybridized carbons (Fsp3) is 0.364. The number of rotatable bonds is 3. The van der Waals surface area contributed by atoms with Gasteiger partial charge in [-0.15, -0.1) is 13.2 Å². The lowest BCUT2D eigenvalue weighted by molar-refractivity contribution is -0.274. The summed E-state index contributed by atoms with van der Waals surface area (Å²) in [6.07, 6.45) is -3.83. The van der Waals surface area contributed by atoms with Gasteiger partial charge in [-0.2, -0.15) is 10.2 Å². The van der Waals surface area contributed by atoms with Crippen LogP contribution in [0.1, 0.15) is 12.1 Å². The summed E-state index contributed by atoms with van der Waals surface area (Å²) in [5.41, 5.74) is 1.81. The molecule has 2 fully saturated rings. The molecule has 0 unspecified atom stereocenters. The number of anilines is 2. The van der Waals surface area contributed by atoms with Crippen LogP contribution in [0.15, 0.2) is 41.2 Å². The van der Waals surface area contributed by atoms with Crippen LogP contribution >= 0.6 is 0 Å². The monoisotopic (exact) mass is 456 g/mol. The largest absolute Gasteiger partial charge is 0.573 e. The van der Waals surface area contributed by atoms with Crippen molar-refractivity contribution in [3.05, 3.63) is 52.6 Å². The molecule has 5 rings (SSSR count). The molecule has 0 bridgehead atoms. The van der Waals surface area contributed by atoms with Gasteiger partial charge in [0.05, 0.1) is 5.52 Å². The number of ether oxygens (including phenoxy) is 1. The predicted molar refractivity (Wildman–Crippen MR) is 114 cm³/mol. The maximum Gasteiger partial charge on any atom is 0.573 e. The van der Waals surface area contributed by atoms with Gasteiger partial charge in [0.2, 0.25) is 0 Å². The van der Waals surface area contributed by atoms with Gasteiger partial charge >= 0.3 is 12.1 Å². The van der Waals surface area contributed by atoms with E-state index < -0.39 is 6.36 Å². The van der Waals surface area contributed by atoms with Crippen LogP contribution in [0.3, 0.4) is 0 Å². The van der Waals surface area contributed by atoms with Crippen LogP contribution in [-0.4, -0.2) is 47.1 Å². The van der Waals surface area contributed by atoms with Crippen molar-refractivity contribution in [2.75, 3.05) is 36.0 Å². The van der Waals surface area contributed by atoms with Crippen LogP contribution < -0.4 is 20.2 Å². The normalized spacial score (nSPS) is 17.3. The number of hydrogen-bond acceptors (Lipinski definition) is 7. The summed E-state index contributed by atoms with van der Waals surface area (Å²) in [6, 6.07) is 11.2. The summed E-state index contributed by atoms with van der Waals surface area (Å²) < 4.78 is 42.4. The Hall–Kier alpha value is -3.81. The number of alkyl halides is 3. The molecule has 0 radical (unpaired) electrons. The SMILES string of the molecule is Cn1c(=O)nc(N2CCC3(CN(c4ccc(OC(F)(F)F)cc4)C3)C2)c2nc(C#N)ccc21. The van der Waals surface area contributed by atoms with Gasteiger partial charge in [0, 0.05) is 44.3 Å². The number of pyridine rings is 1. The van der Waals surface area contributed by atoms with Gasteiger partial charge in [-0.3, -0.25) is 4.57 Å². The first-order valence-electron chi connectivity index (χ1n) is 10.3. The summed E-state index contributed by atoms with van der Waals surface area (Å²) in [7, 11) is 1.62. The van der Waals surface area contributed by atoms with Crippen molar-refractivity contribution in [3.8, 4) is 11.8 Å². The minimum absolute atomic E-state index is 0.0109. The molecule has 8 nitrogen and oxygen atoms in total. The molecule has 1 aromatic carbocycles. The van der Waals surface area contributed by atoms with Gasteiger partial charge in [0.25, 0.3) is 0 Å². The second kappa shape index (κ2) is 7.37. The number of aromatic nitrogens is 3. The Bertz CT molecular complexity index is 1320. The zero-order chi connectivity index (χ0) is 23.4. The van der Waals surface area contributed by atoms with Crippen molar-refractivity contribution in [1.82, 2.24) is 14.5 Å². The molecule has 2 aromatic heterocycles. The second-order valence-corrected chi connectivity index (χ2v) is 8.52. The summed E-state index contributed by atoms with van der Waals surface area (Å²) in [5, 5.41) is 9.23. The Morgan fingerprint density at radius 3 is 2.42 bits per heavy atom. The molecular formula is C22H19F3N6O2. The summed E-state index contributed by atoms with van der Waals surface area (Å²) >= 11 is 0. The average Bonchev–Trinajstić information content (AvgIpc) is 3.20. The van der Waals surface area contributed by atoms with E-state index in [-0.39, 0.29) is 22.5 Å². The Morgan fingerprint density at radius 1 is 1.06 bits per heavy atom. The van der Waals surface area contributed by atoms with Crippen molar-refractivity contribution >= 4 is 22.5 Å². The summed E-state index contributed by atoms with van der Waals surface area (Å²) in [5.74, 6) is 0.232. The molecule has 2 aliphatic rings. The molecule has 0 N–H and O–H groups in total. The predicted octanol–water partition coefficient (Wildman–Crippen LogP) is 2.82. The van der Waals surface area contributed by atoms with Crippen molar-refractivity contribution in [2.24, 2.45) is 12.5 Å². The Kier molecular flexibility index (Phi) is 4.70. The van der Waals surface area contributed by atoms with E-state index in [2.05, 4.69) is 19.6 Å². The van der Waals surface area contributed by atoms with Gasteiger partial charge in [0.1, 0.15) is 23.0 Å². The molecule has 3 aromatic rings. The first-order valence-corrected chi connectivity index (χ1v) is 10.3. The van der Waals surface area contributed by atoms with Crippen LogP contribution in [0.4, 0.5) is 24.7 Å². The molecule has 170 valence electrons. The van der Waals surface area contributed by atoms with Crippen LogP contribution in [0.25, 0.3) is 11.0 Å². The zero-order valence-corrected chi connectivity index (χ0v) is 17.6. The highest BCUT2D eigenvalue weighted by molar-refractivity contribution is 5.86. The molecule has 33 heavy (non-hydrogen) atoms. The highest BCUT2D eigenvalue weighted by atomic mass is 19.4. The van der Waals surface area contributed by atoms with Crippen LogP contribution in [0, 0.1) is 16.7 Å². The molecule has 2 aliphatic heterocycles. The van der Waals surface area contributed by atoms with Gasteiger partial charge in [0.15, 0.2) is 5.82 Å². The Morgan fingerprint density at radius 2 is 1.76 bits per heavy atom. The second-order valence-electron chi connectivity index (χ2n) is 8.52. The number of hydrogen-bond donors (Lipinski definition) is 0. The highest BCUT2D eigenvalue weighted by Gasteiger charge is 2.48. The van der Waals surface area contributed by atoms with Crippen molar-refractivity contribution in [1.29, 1.82) is 5.26 Å². The molecule has 0 atom stereocenters. The average molecular weight is 456 g/mol. The lowest BCUT2D eigenvalue weighted by Gasteiger charge is -2.49. The third-order valence-electron chi connectivity index (χ3n) is 6.28. The van der Waals surface area contributed by atoms with Crippen LogP contribution in [0.5, 0.6) is 5.75 Å². The minimum atomic E-state index is -4.71. The summed E-state index contributed by atoms with van der Waals surface area (Å²) in [6.45, 7) is 2.84. The molecule has 0 aliphatic carbocycles. The number of benzene rings is 1. The van der Waals surface area contributed by atoms with Gasteiger partial charge in [-0.25, -0.2) is 9.78 Å². The lowest BCUT2D eigenvalue weighted by Crippen LogP contribution is -2.57. The van der Waals surface area contributed by atoms with E-state index in [4.69, 9.17) is 0 Å². The third-order valence-corrected chi connectivity index (χ3v) is 6.28. The minimum Gasteiger partial charge on any atom is -0.406 e. The van der Waals surface area contributed by atoms with Crippen molar-refractivity contribution in [2.45, 2.75) is 12.8 Å². The number of fused-ring (bicyclic) bond motifs is 1. The topological polar surface area (TPSA) is 87.3 Å². The van der Waals surface area contributed by atoms with Gasteiger partial charge < -0.3 is 14.5 Å². The molecular weight excluding hydrogens is 437 g/mol. The molecule has 1 spiro atoms. The van der Waals surface area contributed by atoms with E-state index in [1.807, 2.05) is 11.0 Å². The summed E-state index contributed by atoms with van der Waals surface area (Å²) in [4.78, 5) is 25.2. The van der Waals surface area contributed by atoms with Crippen LogP contribution in [0.2, 0.25) is 0 Å². The third kappa shape index (κ3) is 3.82.